The third-order valence-corrected chi connectivity index (χ3v) is 4.62. The van der Waals surface area contributed by atoms with Crippen LogP contribution in [0, 0.1) is 11.8 Å². The Balaban J connectivity index is 0.00000312. The second-order valence-electron chi connectivity index (χ2n) is 6.33. The summed E-state index contributed by atoms with van der Waals surface area (Å²) in [5.41, 5.74) is 0.909. The Hall–Kier alpha value is -1.79. The summed E-state index contributed by atoms with van der Waals surface area (Å²) >= 11 is 0. The van der Waals surface area contributed by atoms with Crippen LogP contribution in [0.1, 0.15) is 36.5 Å². The number of nitrogens with one attached hydrogen (secondary N) is 3. The smallest absolute Gasteiger partial charge is 0.253 e. The lowest BCUT2D eigenvalue weighted by Crippen LogP contribution is -2.34. The van der Waals surface area contributed by atoms with E-state index in [1.165, 1.54) is 0 Å². The van der Waals surface area contributed by atoms with E-state index in [2.05, 4.69) is 22.9 Å². The number of hydrogen-bond donors (Lipinski definition) is 3. The van der Waals surface area contributed by atoms with Gasteiger partial charge in [0.05, 0.1) is 18.4 Å². The number of halogens is 1. The number of rotatable bonds is 6. The van der Waals surface area contributed by atoms with Crippen LogP contribution in [0.3, 0.4) is 0 Å². The molecule has 140 valence electrons. The van der Waals surface area contributed by atoms with E-state index in [1.54, 1.807) is 32.4 Å². The van der Waals surface area contributed by atoms with Gasteiger partial charge in [-0.25, -0.2) is 0 Å². The first-order valence-corrected chi connectivity index (χ1v) is 8.45. The van der Waals surface area contributed by atoms with Crippen LogP contribution in [0.2, 0.25) is 0 Å². The topological polar surface area (TPSA) is 79.5 Å². The van der Waals surface area contributed by atoms with Crippen molar-refractivity contribution in [2.24, 2.45) is 11.8 Å². The Morgan fingerprint density at radius 1 is 1.40 bits per heavy atom. The highest BCUT2D eigenvalue weighted by molar-refractivity contribution is 6.04. The molecule has 1 aliphatic rings. The van der Waals surface area contributed by atoms with E-state index >= 15 is 0 Å². The standard InChI is InChI=1S/C18H27N3O3.ClH/c1-12(13-5-4-8-20-11-13)9-17(22)21-16-7-6-14(24-3)10-15(16)18(23)19-2;/h6-7,10,12-13,20H,4-5,8-9,11H2,1-3H3,(H,19,23)(H,21,22);1H. The van der Waals surface area contributed by atoms with Gasteiger partial charge in [-0.3, -0.25) is 9.59 Å². The molecule has 25 heavy (non-hydrogen) atoms. The molecule has 7 heteroatoms. The Bertz CT molecular complexity index is 589. The Kier molecular flexibility index (Phi) is 8.72. The SMILES string of the molecule is CNC(=O)c1cc(OC)ccc1NC(=O)CC(C)C1CCCNC1.Cl. The molecule has 1 saturated heterocycles. The summed E-state index contributed by atoms with van der Waals surface area (Å²) in [7, 11) is 3.10. The number of ether oxygens (including phenoxy) is 1. The molecule has 1 heterocycles. The summed E-state index contributed by atoms with van der Waals surface area (Å²) in [6.45, 7) is 4.15. The minimum atomic E-state index is -0.256. The van der Waals surface area contributed by atoms with Gasteiger partial charge in [0.15, 0.2) is 0 Å². The number of carbonyl (C=O) groups is 2. The van der Waals surface area contributed by atoms with Crippen molar-refractivity contribution >= 4 is 29.9 Å². The molecule has 0 saturated carbocycles. The average Bonchev–Trinajstić information content (AvgIpc) is 2.62. The summed E-state index contributed by atoms with van der Waals surface area (Å²) in [6.07, 6.45) is 2.77. The molecule has 2 atom stereocenters. The minimum Gasteiger partial charge on any atom is -0.497 e. The molecule has 0 bridgehead atoms. The highest BCUT2D eigenvalue weighted by atomic mass is 35.5. The van der Waals surface area contributed by atoms with Crippen molar-refractivity contribution in [3.63, 3.8) is 0 Å². The van der Waals surface area contributed by atoms with Gasteiger partial charge < -0.3 is 20.7 Å². The largest absolute Gasteiger partial charge is 0.497 e. The van der Waals surface area contributed by atoms with Crippen LogP contribution in [0.4, 0.5) is 5.69 Å². The number of anilines is 1. The number of piperidine rings is 1. The summed E-state index contributed by atoms with van der Waals surface area (Å²) in [5.74, 6) is 1.09. The number of benzene rings is 1. The molecule has 2 rings (SSSR count). The molecular weight excluding hydrogens is 342 g/mol. The lowest BCUT2D eigenvalue weighted by molar-refractivity contribution is -0.117. The van der Waals surface area contributed by atoms with E-state index in [9.17, 15) is 9.59 Å². The lowest BCUT2D eigenvalue weighted by atomic mass is 9.85. The molecule has 6 nitrogen and oxygen atoms in total. The highest BCUT2D eigenvalue weighted by Gasteiger charge is 2.22. The third-order valence-electron chi connectivity index (χ3n) is 4.62. The maximum Gasteiger partial charge on any atom is 0.253 e. The van der Waals surface area contributed by atoms with Crippen molar-refractivity contribution in [2.75, 3.05) is 32.6 Å². The zero-order valence-electron chi connectivity index (χ0n) is 15.1. The summed E-state index contributed by atoms with van der Waals surface area (Å²) in [4.78, 5) is 24.4. The van der Waals surface area contributed by atoms with Gasteiger partial charge in [0, 0.05) is 13.5 Å². The Morgan fingerprint density at radius 2 is 2.16 bits per heavy atom. The average molecular weight is 370 g/mol. The predicted octanol–water partition coefficient (Wildman–Crippen LogP) is 2.44. The Labute approximate surface area is 155 Å². The lowest BCUT2D eigenvalue weighted by Gasteiger charge is -2.28. The van der Waals surface area contributed by atoms with E-state index in [4.69, 9.17) is 4.74 Å². The summed E-state index contributed by atoms with van der Waals surface area (Å²) in [5, 5.41) is 8.84. The van der Waals surface area contributed by atoms with Crippen molar-refractivity contribution in [1.82, 2.24) is 10.6 Å². The van der Waals surface area contributed by atoms with Crippen molar-refractivity contribution in [1.29, 1.82) is 0 Å². The fourth-order valence-corrected chi connectivity index (χ4v) is 3.11. The molecule has 0 spiro atoms. The monoisotopic (exact) mass is 369 g/mol. The van der Waals surface area contributed by atoms with Gasteiger partial charge in [0.25, 0.3) is 5.91 Å². The molecule has 1 aromatic carbocycles. The molecular formula is C18H28ClN3O3. The number of carbonyl (C=O) groups excluding carboxylic acids is 2. The molecule has 0 radical (unpaired) electrons. The molecule has 3 N–H and O–H groups in total. The molecule has 1 aromatic rings. The van der Waals surface area contributed by atoms with Crippen molar-refractivity contribution < 1.29 is 14.3 Å². The van der Waals surface area contributed by atoms with Gasteiger partial charge in [-0.1, -0.05) is 6.92 Å². The summed E-state index contributed by atoms with van der Waals surface area (Å²) < 4.78 is 5.15. The Morgan fingerprint density at radius 3 is 2.76 bits per heavy atom. The number of hydrogen-bond acceptors (Lipinski definition) is 4. The van der Waals surface area contributed by atoms with Crippen LogP contribution in [0.5, 0.6) is 5.75 Å². The first-order chi connectivity index (χ1) is 11.5. The molecule has 2 unspecified atom stereocenters. The van der Waals surface area contributed by atoms with Crippen molar-refractivity contribution in [3.8, 4) is 5.75 Å². The molecule has 1 fully saturated rings. The van der Waals surface area contributed by atoms with Crippen LogP contribution < -0.4 is 20.7 Å². The highest BCUT2D eigenvalue weighted by Crippen LogP contribution is 2.25. The predicted molar refractivity (Wildman–Crippen MR) is 102 cm³/mol. The fraction of sp³-hybridized carbons (Fsp3) is 0.556. The van der Waals surface area contributed by atoms with Gasteiger partial charge in [-0.05, 0) is 56.0 Å². The van der Waals surface area contributed by atoms with Gasteiger partial charge in [-0.2, -0.15) is 0 Å². The quantitative estimate of drug-likeness (QED) is 0.719. The molecule has 0 aliphatic carbocycles. The van der Waals surface area contributed by atoms with E-state index in [0.29, 0.717) is 35.3 Å². The van der Waals surface area contributed by atoms with Crippen LogP contribution in [-0.2, 0) is 4.79 Å². The second kappa shape index (κ2) is 10.3. The minimum absolute atomic E-state index is 0. The van der Waals surface area contributed by atoms with Gasteiger partial charge in [0.1, 0.15) is 5.75 Å². The van der Waals surface area contributed by atoms with Crippen LogP contribution in [0.25, 0.3) is 0 Å². The van der Waals surface area contributed by atoms with Crippen LogP contribution in [-0.4, -0.2) is 39.1 Å². The fourth-order valence-electron chi connectivity index (χ4n) is 3.11. The van der Waals surface area contributed by atoms with Gasteiger partial charge in [0.2, 0.25) is 5.91 Å². The zero-order valence-corrected chi connectivity index (χ0v) is 15.9. The van der Waals surface area contributed by atoms with Crippen molar-refractivity contribution in [3.05, 3.63) is 23.8 Å². The van der Waals surface area contributed by atoms with E-state index in [0.717, 1.165) is 25.9 Å². The maximum absolute atomic E-state index is 12.4. The van der Waals surface area contributed by atoms with Crippen molar-refractivity contribution in [2.45, 2.75) is 26.2 Å². The van der Waals surface area contributed by atoms with Gasteiger partial charge >= 0.3 is 0 Å². The van der Waals surface area contributed by atoms with Gasteiger partial charge in [-0.15, -0.1) is 12.4 Å². The molecule has 1 aliphatic heterocycles. The number of amides is 2. The molecule has 2 amide bonds. The first kappa shape index (κ1) is 21.3. The normalized spacial score (nSPS) is 17.8. The first-order valence-electron chi connectivity index (χ1n) is 8.45. The third kappa shape index (κ3) is 5.90. The maximum atomic E-state index is 12.4. The van der Waals surface area contributed by atoms with E-state index in [1.807, 2.05) is 0 Å². The second-order valence-corrected chi connectivity index (χ2v) is 6.33. The van der Waals surface area contributed by atoms with Crippen LogP contribution in [0.15, 0.2) is 18.2 Å². The zero-order chi connectivity index (χ0) is 17.5. The number of methoxy groups -OCH3 is 1. The van der Waals surface area contributed by atoms with E-state index in [-0.39, 0.29) is 24.2 Å². The summed E-state index contributed by atoms with van der Waals surface area (Å²) in [6, 6.07) is 5.06. The van der Waals surface area contributed by atoms with Crippen LogP contribution >= 0.6 is 12.4 Å². The molecule has 0 aromatic heterocycles. The van der Waals surface area contributed by atoms with E-state index < -0.39 is 0 Å².